The molecule has 2 aromatic rings. The second-order valence-electron chi connectivity index (χ2n) is 6.69. The summed E-state index contributed by atoms with van der Waals surface area (Å²) >= 11 is 1.53. The number of carbonyl (C=O) groups is 1. The molecule has 0 fully saturated rings. The van der Waals surface area contributed by atoms with Gasteiger partial charge in [0.05, 0.1) is 11.4 Å². The summed E-state index contributed by atoms with van der Waals surface area (Å²) in [5, 5.41) is 3.44. The summed E-state index contributed by atoms with van der Waals surface area (Å²) in [6.07, 6.45) is 3.63. The van der Waals surface area contributed by atoms with Crippen molar-refractivity contribution in [2.24, 2.45) is 5.92 Å². The molecule has 0 saturated heterocycles. The van der Waals surface area contributed by atoms with Crippen LogP contribution in [0.5, 0.6) is 0 Å². The number of rotatable bonds is 6. The summed E-state index contributed by atoms with van der Waals surface area (Å²) in [4.78, 5) is 18.3. The average Bonchev–Trinajstić information content (AvgIpc) is 2.95. The minimum atomic E-state index is -3.39. The Balaban J connectivity index is 1.71. The molecule has 0 aliphatic heterocycles. The zero-order valence-corrected chi connectivity index (χ0v) is 16.5. The molecule has 1 aliphatic rings. The Bertz CT molecular complexity index is 906. The molecule has 26 heavy (non-hydrogen) atoms. The van der Waals surface area contributed by atoms with Crippen molar-refractivity contribution in [3.05, 3.63) is 40.4 Å². The Labute approximate surface area is 158 Å². The fraction of sp³-hybridized carbons (Fsp3) is 0.444. The van der Waals surface area contributed by atoms with Crippen molar-refractivity contribution >= 4 is 38.1 Å². The highest BCUT2D eigenvalue weighted by atomic mass is 32.2. The maximum Gasteiger partial charge on any atom is 0.257 e. The standard InChI is InChI=1S/C18H23N3O3S2/c1-3-9-26(23,24)21-14-6-4-5-13(11-14)17(22)20-18-19-15-8-7-12(2)10-16(15)25-18/h4-6,11-12,21H,3,7-10H2,1-2H3,(H,19,20,22). The number of aryl methyl sites for hydroxylation is 1. The van der Waals surface area contributed by atoms with E-state index in [9.17, 15) is 13.2 Å². The van der Waals surface area contributed by atoms with Crippen LogP contribution < -0.4 is 10.0 Å². The number of anilines is 2. The van der Waals surface area contributed by atoms with Crippen LogP contribution in [-0.4, -0.2) is 25.1 Å². The van der Waals surface area contributed by atoms with E-state index in [1.165, 1.54) is 22.3 Å². The van der Waals surface area contributed by atoms with Gasteiger partial charge in [0, 0.05) is 16.1 Å². The topological polar surface area (TPSA) is 88.2 Å². The number of sulfonamides is 1. The van der Waals surface area contributed by atoms with Crippen LogP contribution in [0.2, 0.25) is 0 Å². The molecule has 1 unspecified atom stereocenters. The highest BCUT2D eigenvalue weighted by Gasteiger charge is 2.21. The van der Waals surface area contributed by atoms with E-state index in [2.05, 4.69) is 21.9 Å². The molecule has 2 N–H and O–H groups in total. The number of nitrogens with one attached hydrogen (secondary N) is 2. The number of thiazole rings is 1. The monoisotopic (exact) mass is 393 g/mol. The predicted octanol–water partition coefficient (Wildman–Crippen LogP) is 3.67. The first kappa shape index (κ1) is 18.8. The lowest BCUT2D eigenvalue weighted by Gasteiger charge is -2.15. The van der Waals surface area contributed by atoms with Gasteiger partial charge in [-0.1, -0.05) is 19.9 Å². The molecule has 140 valence electrons. The van der Waals surface area contributed by atoms with Gasteiger partial charge in [0.2, 0.25) is 10.0 Å². The Hall–Kier alpha value is -1.93. The van der Waals surface area contributed by atoms with Crippen LogP contribution in [0.25, 0.3) is 0 Å². The van der Waals surface area contributed by atoms with Crippen LogP contribution >= 0.6 is 11.3 Å². The largest absolute Gasteiger partial charge is 0.298 e. The molecule has 1 aromatic carbocycles. The number of nitrogens with zero attached hydrogens (tertiary/aromatic N) is 1. The quantitative estimate of drug-likeness (QED) is 0.784. The minimum absolute atomic E-state index is 0.0481. The summed E-state index contributed by atoms with van der Waals surface area (Å²) < 4.78 is 26.3. The van der Waals surface area contributed by atoms with Gasteiger partial charge >= 0.3 is 0 Å². The van der Waals surface area contributed by atoms with Crippen molar-refractivity contribution in [2.45, 2.75) is 39.5 Å². The third-order valence-corrected chi connectivity index (χ3v) is 6.81. The molecule has 1 aliphatic carbocycles. The van der Waals surface area contributed by atoms with Crippen LogP contribution in [-0.2, 0) is 22.9 Å². The molecule has 1 heterocycles. The summed E-state index contributed by atoms with van der Waals surface area (Å²) in [5.74, 6) is 0.409. The Kier molecular flexibility index (Phi) is 5.62. The van der Waals surface area contributed by atoms with E-state index in [-0.39, 0.29) is 11.7 Å². The molecule has 0 radical (unpaired) electrons. The van der Waals surface area contributed by atoms with Crippen molar-refractivity contribution in [3.63, 3.8) is 0 Å². The molecule has 1 amide bonds. The van der Waals surface area contributed by atoms with Crippen LogP contribution in [0.4, 0.5) is 10.8 Å². The number of amides is 1. The molecule has 1 atom stereocenters. The fourth-order valence-electron chi connectivity index (χ4n) is 2.99. The molecular formula is C18H23N3O3S2. The summed E-state index contributed by atoms with van der Waals surface area (Å²) in [7, 11) is -3.39. The number of aromatic nitrogens is 1. The first-order valence-corrected chi connectivity index (χ1v) is 11.2. The lowest BCUT2D eigenvalue weighted by atomic mass is 9.93. The van der Waals surface area contributed by atoms with Crippen molar-refractivity contribution in [2.75, 3.05) is 15.8 Å². The van der Waals surface area contributed by atoms with E-state index in [4.69, 9.17) is 0 Å². The lowest BCUT2D eigenvalue weighted by Crippen LogP contribution is -2.17. The summed E-state index contributed by atoms with van der Waals surface area (Å²) in [6, 6.07) is 6.49. The van der Waals surface area contributed by atoms with Crippen LogP contribution in [0, 0.1) is 5.92 Å². The van der Waals surface area contributed by atoms with Crippen LogP contribution in [0.1, 0.15) is 47.6 Å². The van der Waals surface area contributed by atoms with E-state index in [1.807, 2.05) is 0 Å². The first-order valence-electron chi connectivity index (χ1n) is 8.77. The van der Waals surface area contributed by atoms with Gasteiger partial charge in [-0.05, 0) is 49.8 Å². The number of carbonyl (C=O) groups excluding carboxylic acids is 1. The minimum Gasteiger partial charge on any atom is -0.298 e. The molecule has 0 spiro atoms. The van der Waals surface area contributed by atoms with E-state index < -0.39 is 10.0 Å². The molecule has 6 nitrogen and oxygen atoms in total. The molecule has 0 saturated carbocycles. The van der Waals surface area contributed by atoms with Gasteiger partial charge in [0.15, 0.2) is 5.13 Å². The SMILES string of the molecule is CCCS(=O)(=O)Nc1cccc(C(=O)Nc2nc3c(s2)CC(C)CC3)c1. The van der Waals surface area contributed by atoms with Gasteiger partial charge in [0.1, 0.15) is 0 Å². The Morgan fingerprint density at radius 2 is 2.19 bits per heavy atom. The van der Waals surface area contributed by atoms with Crippen molar-refractivity contribution in [3.8, 4) is 0 Å². The lowest BCUT2D eigenvalue weighted by molar-refractivity contribution is 0.102. The van der Waals surface area contributed by atoms with Crippen LogP contribution in [0.3, 0.4) is 0 Å². The maximum absolute atomic E-state index is 12.5. The highest BCUT2D eigenvalue weighted by Crippen LogP contribution is 2.32. The zero-order valence-electron chi connectivity index (χ0n) is 14.9. The Morgan fingerprint density at radius 3 is 2.96 bits per heavy atom. The highest BCUT2D eigenvalue weighted by molar-refractivity contribution is 7.92. The number of fused-ring (bicyclic) bond motifs is 1. The Morgan fingerprint density at radius 1 is 1.38 bits per heavy atom. The molecular weight excluding hydrogens is 370 g/mol. The average molecular weight is 394 g/mol. The molecule has 3 rings (SSSR count). The van der Waals surface area contributed by atoms with Crippen molar-refractivity contribution < 1.29 is 13.2 Å². The first-order chi connectivity index (χ1) is 12.4. The predicted molar refractivity (Wildman–Crippen MR) is 105 cm³/mol. The van der Waals surface area contributed by atoms with E-state index in [0.717, 1.165) is 25.0 Å². The normalized spacial score (nSPS) is 16.8. The van der Waals surface area contributed by atoms with Gasteiger partial charge in [-0.2, -0.15) is 0 Å². The summed E-state index contributed by atoms with van der Waals surface area (Å²) in [5.41, 5.74) is 1.87. The van der Waals surface area contributed by atoms with Gasteiger partial charge < -0.3 is 0 Å². The van der Waals surface area contributed by atoms with Gasteiger partial charge in [-0.25, -0.2) is 13.4 Å². The molecule has 1 aromatic heterocycles. The molecule has 8 heteroatoms. The second-order valence-corrected chi connectivity index (χ2v) is 9.62. The van der Waals surface area contributed by atoms with Crippen LogP contribution in [0.15, 0.2) is 24.3 Å². The number of benzene rings is 1. The zero-order chi connectivity index (χ0) is 18.7. The third kappa shape index (κ3) is 4.62. The number of hydrogen-bond donors (Lipinski definition) is 2. The maximum atomic E-state index is 12.5. The van der Waals surface area contributed by atoms with E-state index in [0.29, 0.717) is 28.7 Å². The van der Waals surface area contributed by atoms with Gasteiger partial charge in [-0.3, -0.25) is 14.8 Å². The van der Waals surface area contributed by atoms with Crippen molar-refractivity contribution in [1.82, 2.24) is 4.98 Å². The second kappa shape index (κ2) is 7.75. The fourth-order valence-corrected chi connectivity index (χ4v) is 5.28. The number of hydrogen-bond acceptors (Lipinski definition) is 5. The third-order valence-electron chi connectivity index (χ3n) is 4.28. The van der Waals surface area contributed by atoms with E-state index >= 15 is 0 Å². The summed E-state index contributed by atoms with van der Waals surface area (Å²) in [6.45, 7) is 4.03. The van der Waals surface area contributed by atoms with Gasteiger partial charge in [0.25, 0.3) is 5.91 Å². The smallest absolute Gasteiger partial charge is 0.257 e. The van der Waals surface area contributed by atoms with Gasteiger partial charge in [-0.15, -0.1) is 11.3 Å². The molecule has 0 bridgehead atoms. The van der Waals surface area contributed by atoms with E-state index in [1.54, 1.807) is 25.1 Å². The van der Waals surface area contributed by atoms with Crippen molar-refractivity contribution in [1.29, 1.82) is 0 Å².